The fraction of sp³-hybridized carbons (Fsp3) is 0.286. The van der Waals surface area contributed by atoms with Crippen LogP contribution in [0.5, 0.6) is 0 Å². The first kappa shape index (κ1) is 13.6. The molecule has 0 aliphatic rings. The number of halogens is 1. The van der Waals surface area contributed by atoms with Crippen molar-refractivity contribution in [2.24, 2.45) is 7.05 Å². The van der Waals surface area contributed by atoms with Gasteiger partial charge in [-0.3, -0.25) is 4.68 Å². The van der Waals surface area contributed by atoms with Crippen LogP contribution in [0.25, 0.3) is 11.0 Å². The third-order valence-electron chi connectivity index (χ3n) is 3.22. The first-order valence-electron chi connectivity index (χ1n) is 6.51. The number of hydrogen-bond acceptors (Lipinski definition) is 4. The quantitative estimate of drug-likeness (QED) is 0.690. The summed E-state index contributed by atoms with van der Waals surface area (Å²) >= 11 is 5.86. The molecule has 0 atom stereocenters. The molecule has 6 nitrogen and oxygen atoms in total. The standard InChI is InChI=1S/C14H13ClN6/c1-20-9-17-13(19-20)8-21-12-6-10(7-16)2-3-11(12)18-14(21)4-5-15/h2-3,6,9H,4-5,8H2,1H3. The van der Waals surface area contributed by atoms with E-state index in [0.29, 0.717) is 30.2 Å². The van der Waals surface area contributed by atoms with Gasteiger partial charge in [0, 0.05) is 19.3 Å². The second-order valence-corrected chi connectivity index (χ2v) is 5.08. The third kappa shape index (κ3) is 2.60. The summed E-state index contributed by atoms with van der Waals surface area (Å²) in [4.78, 5) is 8.83. The normalized spacial score (nSPS) is 10.9. The van der Waals surface area contributed by atoms with Crippen molar-refractivity contribution >= 4 is 22.6 Å². The van der Waals surface area contributed by atoms with Gasteiger partial charge in [0.2, 0.25) is 0 Å². The van der Waals surface area contributed by atoms with Gasteiger partial charge in [-0.1, -0.05) is 0 Å². The van der Waals surface area contributed by atoms with Crippen LogP contribution in [0.1, 0.15) is 17.2 Å². The van der Waals surface area contributed by atoms with Gasteiger partial charge in [0.25, 0.3) is 0 Å². The minimum atomic E-state index is 0.490. The zero-order valence-electron chi connectivity index (χ0n) is 11.5. The van der Waals surface area contributed by atoms with Gasteiger partial charge >= 0.3 is 0 Å². The monoisotopic (exact) mass is 300 g/mol. The van der Waals surface area contributed by atoms with Gasteiger partial charge in [0.1, 0.15) is 12.2 Å². The lowest BCUT2D eigenvalue weighted by atomic mass is 10.2. The van der Waals surface area contributed by atoms with E-state index in [1.807, 2.05) is 23.7 Å². The topological polar surface area (TPSA) is 72.3 Å². The Morgan fingerprint density at radius 3 is 2.90 bits per heavy atom. The summed E-state index contributed by atoms with van der Waals surface area (Å²) in [6.45, 7) is 0.512. The predicted octanol–water partition coefficient (Wildman–Crippen LogP) is 1.87. The van der Waals surface area contributed by atoms with E-state index in [1.165, 1.54) is 0 Å². The molecular weight excluding hydrogens is 288 g/mol. The van der Waals surface area contributed by atoms with E-state index < -0.39 is 0 Å². The van der Waals surface area contributed by atoms with Gasteiger partial charge < -0.3 is 4.57 Å². The van der Waals surface area contributed by atoms with Crippen LogP contribution in [-0.2, 0) is 20.0 Å². The number of fused-ring (bicyclic) bond motifs is 1. The first-order chi connectivity index (χ1) is 10.2. The molecule has 3 rings (SSSR count). The number of aryl methyl sites for hydroxylation is 2. The zero-order chi connectivity index (χ0) is 14.8. The molecule has 0 aliphatic carbocycles. The third-order valence-corrected chi connectivity index (χ3v) is 3.41. The van der Waals surface area contributed by atoms with E-state index in [9.17, 15) is 0 Å². The minimum Gasteiger partial charge on any atom is -0.320 e. The van der Waals surface area contributed by atoms with Crippen LogP contribution in [0.4, 0.5) is 0 Å². The van der Waals surface area contributed by atoms with Crippen LogP contribution < -0.4 is 0 Å². The first-order valence-corrected chi connectivity index (χ1v) is 7.04. The number of aromatic nitrogens is 5. The van der Waals surface area contributed by atoms with Crippen molar-refractivity contribution < 1.29 is 0 Å². The van der Waals surface area contributed by atoms with E-state index in [0.717, 1.165) is 16.9 Å². The van der Waals surface area contributed by atoms with Crippen molar-refractivity contribution in [2.75, 3.05) is 5.88 Å². The number of nitriles is 1. The highest BCUT2D eigenvalue weighted by molar-refractivity contribution is 6.17. The number of rotatable bonds is 4. The Labute approximate surface area is 126 Å². The number of imidazole rings is 1. The Balaban J connectivity index is 2.12. The molecule has 0 unspecified atom stereocenters. The summed E-state index contributed by atoms with van der Waals surface area (Å²) in [6, 6.07) is 7.61. The lowest BCUT2D eigenvalue weighted by molar-refractivity contribution is 0.688. The summed E-state index contributed by atoms with van der Waals surface area (Å²) in [5, 5.41) is 13.4. The summed E-state index contributed by atoms with van der Waals surface area (Å²) in [5.41, 5.74) is 2.36. The molecule has 2 aromatic heterocycles. The molecule has 0 fully saturated rings. The van der Waals surface area contributed by atoms with Gasteiger partial charge in [0.05, 0.1) is 29.2 Å². The van der Waals surface area contributed by atoms with Gasteiger partial charge in [-0.25, -0.2) is 9.97 Å². The Morgan fingerprint density at radius 2 is 2.24 bits per heavy atom. The van der Waals surface area contributed by atoms with E-state index in [2.05, 4.69) is 21.1 Å². The molecule has 21 heavy (non-hydrogen) atoms. The van der Waals surface area contributed by atoms with Crippen LogP contribution >= 0.6 is 11.6 Å². The van der Waals surface area contributed by atoms with E-state index in [4.69, 9.17) is 16.9 Å². The van der Waals surface area contributed by atoms with E-state index >= 15 is 0 Å². The molecule has 1 aromatic carbocycles. The average Bonchev–Trinajstić information content (AvgIpc) is 3.04. The van der Waals surface area contributed by atoms with Crippen LogP contribution in [0.15, 0.2) is 24.5 Å². The Kier molecular flexibility index (Phi) is 3.59. The lowest BCUT2D eigenvalue weighted by Crippen LogP contribution is -2.07. The van der Waals surface area contributed by atoms with Crippen molar-refractivity contribution in [1.82, 2.24) is 24.3 Å². The SMILES string of the molecule is Cn1cnc(Cn2c(CCCl)nc3ccc(C#N)cc32)n1. The van der Waals surface area contributed by atoms with Crippen LogP contribution in [-0.4, -0.2) is 30.2 Å². The largest absolute Gasteiger partial charge is 0.320 e. The summed E-state index contributed by atoms with van der Waals surface area (Å²) < 4.78 is 3.68. The molecule has 0 spiro atoms. The van der Waals surface area contributed by atoms with Crippen molar-refractivity contribution in [3.63, 3.8) is 0 Å². The van der Waals surface area contributed by atoms with Crippen LogP contribution in [0.3, 0.4) is 0 Å². The van der Waals surface area contributed by atoms with Gasteiger partial charge in [-0.05, 0) is 18.2 Å². The molecule has 2 heterocycles. The number of benzene rings is 1. The molecule has 3 aromatic rings. The maximum absolute atomic E-state index is 9.06. The van der Waals surface area contributed by atoms with Gasteiger partial charge in [-0.2, -0.15) is 10.4 Å². The maximum atomic E-state index is 9.06. The highest BCUT2D eigenvalue weighted by Crippen LogP contribution is 2.19. The number of hydrogen-bond donors (Lipinski definition) is 0. The molecule has 0 saturated carbocycles. The predicted molar refractivity (Wildman–Crippen MR) is 79.0 cm³/mol. The number of nitrogens with zero attached hydrogens (tertiary/aromatic N) is 6. The van der Waals surface area contributed by atoms with Crippen molar-refractivity contribution in [2.45, 2.75) is 13.0 Å². The molecule has 0 amide bonds. The highest BCUT2D eigenvalue weighted by Gasteiger charge is 2.13. The smallest absolute Gasteiger partial charge is 0.170 e. The van der Waals surface area contributed by atoms with E-state index in [1.54, 1.807) is 17.1 Å². The molecule has 0 N–H and O–H groups in total. The maximum Gasteiger partial charge on any atom is 0.170 e. The zero-order valence-corrected chi connectivity index (χ0v) is 12.2. The second-order valence-electron chi connectivity index (χ2n) is 4.70. The van der Waals surface area contributed by atoms with Crippen molar-refractivity contribution in [3.8, 4) is 6.07 Å². The Hall–Kier alpha value is -2.39. The van der Waals surface area contributed by atoms with Crippen LogP contribution in [0.2, 0.25) is 0 Å². The van der Waals surface area contributed by atoms with E-state index in [-0.39, 0.29) is 0 Å². The fourth-order valence-corrected chi connectivity index (χ4v) is 2.46. The molecule has 7 heteroatoms. The summed E-state index contributed by atoms with van der Waals surface area (Å²) in [7, 11) is 1.83. The van der Waals surface area contributed by atoms with Gasteiger partial charge in [-0.15, -0.1) is 11.6 Å². The highest BCUT2D eigenvalue weighted by atomic mass is 35.5. The average molecular weight is 301 g/mol. The minimum absolute atomic E-state index is 0.490. The second kappa shape index (κ2) is 5.54. The number of alkyl halides is 1. The summed E-state index contributed by atoms with van der Waals surface area (Å²) in [5.74, 6) is 2.07. The Morgan fingerprint density at radius 1 is 1.38 bits per heavy atom. The van der Waals surface area contributed by atoms with Gasteiger partial charge in [0.15, 0.2) is 5.82 Å². The molecule has 0 bridgehead atoms. The molecule has 106 valence electrons. The molecule has 0 saturated heterocycles. The van der Waals surface area contributed by atoms with Crippen molar-refractivity contribution in [1.29, 1.82) is 5.26 Å². The molecule has 0 radical (unpaired) electrons. The lowest BCUT2D eigenvalue weighted by Gasteiger charge is -2.06. The van der Waals surface area contributed by atoms with Crippen molar-refractivity contribution in [3.05, 3.63) is 41.7 Å². The van der Waals surface area contributed by atoms with Crippen LogP contribution in [0, 0.1) is 11.3 Å². The Bertz CT molecular complexity index is 826. The fourth-order valence-electron chi connectivity index (χ4n) is 2.29. The molecular formula is C14H13ClN6. The summed E-state index contributed by atoms with van der Waals surface area (Å²) in [6.07, 6.45) is 2.32. The molecule has 0 aliphatic heterocycles.